The topological polar surface area (TPSA) is 59.4 Å². The Morgan fingerprint density at radius 3 is 2.62 bits per heavy atom. The predicted octanol–water partition coefficient (Wildman–Crippen LogP) is 5.66. The number of halogens is 3. The number of amides is 1. The Labute approximate surface area is 226 Å². The molecule has 0 spiro atoms. The summed E-state index contributed by atoms with van der Waals surface area (Å²) < 4.78 is 46.9. The van der Waals surface area contributed by atoms with Crippen LogP contribution in [0.5, 0.6) is 0 Å². The summed E-state index contributed by atoms with van der Waals surface area (Å²) in [5, 5.41) is 3.87. The third-order valence-electron chi connectivity index (χ3n) is 7.46. The number of ether oxygens (including phenoxy) is 1. The molecule has 2 aliphatic rings. The van der Waals surface area contributed by atoms with Crippen LogP contribution < -0.4 is 5.32 Å². The molecule has 0 saturated carbocycles. The first-order chi connectivity index (χ1) is 18.9. The first kappa shape index (κ1) is 27.1. The summed E-state index contributed by atoms with van der Waals surface area (Å²) in [4.78, 5) is 18.5. The third-order valence-corrected chi connectivity index (χ3v) is 7.46. The van der Waals surface area contributed by atoms with E-state index in [1.165, 1.54) is 4.57 Å². The largest absolute Gasteiger partial charge is 0.406 e. The van der Waals surface area contributed by atoms with E-state index in [1.807, 2.05) is 12.1 Å². The smallest absolute Gasteiger partial charge is 0.381 e. The van der Waals surface area contributed by atoms with Crippen LogP contribution in [0.15, 0.2) is 42.6 Å². The van der Waals surface area contributed by atoms with Crippen LogP contribution in [0.1, 0.15) is 53.8 Å². The first-order valence-corrected chi connectivity index (χ1v) is 13.6. The lowest BCUT2D eigenvalue weighted by molar-refractivity contribution is -0.140. The molecule has 2 fully saturated rings. The number of aromatic nitrogens is 2. The number of nitrogens with one attached hydrogen (secondary N) is 1. The van der Waals surface area contributed by atoms with Crippen LogP contribution in [0, 0.1) is 17.8 Å². The number of likely N-dealkylation sites (tertiary alicyclic amines) is 1. The van der Waals surface area contributed by atoms with E-state index in [0.717, 1.165) is 75.8 Å². The molecule has 3 aromatic rings. The van der Waals surface area contributed by atoms with E-state index in [-0.39, 0.29) is 12.5 Å². The Hall–Kier alpha value is -3.51. The lowest BCUT2D eigenvalue weighted by atomic mass is 9.92. The molecule has 0 bridgehead atoms. The molecule has 0 unspecified atom stereocenters. The number of carbonyl (C=O) groups excluding carboxylic acids is 1. The van der Waals surface area contributed by atoms with E-state index >= 15 is 0 Å². The molecule has 39 heavy (non-hydrogen) atoms. The third kappa shape index (κ3) is 7.12. The van der Waals surface area contributed by atoms with Gasteiger partial charge < -0.3 is 19.5 Å². The molecule has 2 aliphatic heterocycles. The first-order valence-electron chi connectivity index (χ1n) is 13.6. The Kier molecular flexibility index (Phi) is 8.41. The Morgan fingerprint density at radius 2 is 1.90 bits per heavy atom. The van der Waals surface area contributed by atoms with Gasteiger partial charge in [0.2, 0.25) is 0 Å². The van der Waals surface area contributed by atoms with Gasteiger partial charge in [-0.15, -0.1) is 0 Å². The van der Waals surface area contributed by atoms with E-state index in [9.17, 15) is 18.0 Å². The average Bonchev–Trinajstić information content (AvgIpc) is 3.58. The summed E-state index contributed by atoms with van der Waals surface area (Å²) >= 11 is 0. The van der Waals surface area contributed by atoms with Crippen LogP contribution in [0.3, 0.4) is 0 Å². The van der Waals surface area contributed by atoms with Crippen molar-refractivity contribution < 1.29 is 22.7 Å². The summed E-state index contributed by atoms with van der Waals surface area (Å²) in [6.45, 7) is 2.27. The molecule has 9 heteroatoms. The number of fused-ring (bicyclic) bond motifs is 1. The monoisotopic (exact) mass is 538 g/mol. The van der Waals surface area contributed by atoms with Crippen LogP contribution in [-0.2, 0) is 17.7 Å². The van der Waals surface area contributed by atoms with Crippen molar-refractivity contribution >= 4 is 22.5 Å². The number of hydrogen-bond acceptors (Lipinski definition) is 4. The highest BCUT2D eigenvalue weighted by atomic mass is 19.4. The number of rotatable bonds is 7. The molecule has 0 radical (unpaired) electrons. The molecule has 5 rings (SSSR count). The zero-order valence-corrected chi connectivity index (χ0v) is 21.9. The van der Waals surface area contributed by atoms with E-state index in [0.29, 0.717) is 28.5 Å². The number of carbonyl (C=O) groups is 1. The quantitative estimate of drug-likeness (QED) is 0.395. The normalized spacial score (nSPS) is 16.3. The molecule has 4 heterocycles. The van der Waals surface area contributed by atoms with Crippen molar-refractivity contribution in [2.45, 2.75) is 51.2 Å². The van der Waals surface area contributed by atoms with Crippen LogP contribution in [0.2, 0.25) is 0 Å². The second kappa shape index (κ2) is 12.1. The second-order valence-electron chi connectivity index (χ2n) is 10.3. The van der Waals surface area contributed by atoms with Crippen LogP contribution in [-0.4, -0.2) is 59.4 Å². The molecule has 1 amide bonds. The number of aryl methyl sites for hydroxylation is 1. The number of pyridine rings is 1. The summed E-state index contributed by atoms with van der Waals surface area (Å²) in [6, 6.07) is 10.9. The van der Waals surface area contributed by atoms with Gasteiger partial charge in [-0.05, 0) is 86.3 Å². The fourth-order valence-electron chi connectivity index (χ4n) is 5.32. The standard InChI is InChI=1S/C30H33F3N4O2/c31-30(32,33)21-37-26(19-24-18-23(7-10-28(24)37)6-5-22-11-16-39-17-12-22)4-3-13-34-25-8-9-27(35-20-25)29(38)36-14-1-2-15-36/h7-10,18-20,22,34H,1-2,5-6,11-17,21H2. The Bertz CT molecular complexity index is 1340. The lowest BCUT2D eigenvalue weighted by Crippen LogP contribution is -2.28. The molecular formula is C30H33F3N4O2. The minimum atomic E-state index is -4.36. The molecule has 2 aromatic heterocycles. The zero-order chi connectivity index (χ0) is 27.2. The molecular weight excluding hydrogens is 505 g/mol. The van der Waals surface area contributed by atoms with Gasteiger partial charge >= 0.3 is 6.18 Å². The summed E-state index contributed by atoms with van der Waals surface area (Å²) in [6.07, 6.45) is 3.33. The van der Waals surface area contributed by atoms with E-state index in [4.69, 9.17) is 4.74 Å². The SMILES string of the molecule is O=C(c1ccc(NCC#Cc2cc3cc(CCC4CCOCC4)ccc3n2CC(F)(F)F)cn1)N1CCCC1. The summed E-state index contributed by atoms with van der Waals surface area (Å²) in [5.41, 5.74) is 3.07. The van der Waals surface area contributed by atoms with Crippen molar-refractivity contribution in [2.24, 2.45) is 5.92 Å². The van der Waals surface area contributed by atoms with Crippen molar-refractivity contribution in [1.82, 2.24) is 14.5 Å². The summed E-state index contributed by atoms with van der Waals surface area (Å²) in [5.74, 6) is 6.43. The number of alkyl halides is 3. The molecule has 2 saturated heterocycles. The minimum Gasteiger partial charge on any atom is -0.381 e. The highest BCUT2D eigenvalue weighted by Crippen LogP contribution is 2.28. The van der Waals surface area contributed by atoms with Gasteiger partial charge in [0.05, 0.1) is 24.1 Å². The maximum Gasteiger partial charge on any atom is 0.406 e. The van der Waals surface area contributed by atoms with Gasteiger partial charge in [0, 0.05) is 37.2 Å². The zero-order valence-electron chi connectivity index (χ0n) is 21.9. The molecule has 0 atom stereocenters. The molecule has 0 aliphatic carbocycles. The number of anilines is 1. The van der Waals surface area contributed by atoms with Gasteiger partial charge in [0.1, 0.15) is 12.2 Å². The van der Waals surface area contributed by atoms with E-state index in [1.54, 1.807) is 35.4 Å². The average molecular weight is 539 g/mol. The highest BCUT2D eigenvalue weighted by molar-refractivity contribution is 5.92. The molecule has 206 valence electrons. The summed E-state index contributed by atoms with van der Waals surface area (Å²) in [7, 11) is 0. The van der Waals surface area contributed by atoms with Crippen LogP contribution >= 0.6 is 0 Å². The van der Waals surface area contributed by atoms with Gasteiger partial charge in [-0.25, -0.2) is 4.98 Å². The maximum atomic E-state index is 13.4. The van der Waals surface area contributed by atoms with Gasteiger partial charge in [-0.3, -0.25) is 4.79 Å². The number of hydrogen-bond donors (Lipinski definition) is 1. The molecule has 6 nitrogen and oxygen atoms in total. The number of nitrogens with zero attached hydrogens (tertiary/aromatic N) is 3. The van der Waals surface area contributed by atoms with Crippen molar-refractivity contribution in [3.8, 4) is 11.8 Å². The molecule has 1 N–H and O–H groups in total. The van der Waals surface area contributed by atoms with Gasteiger partial charge in [0.25, 0.3) is 5.91 Å². The van der Waals surface area contributed by atoms with Crippen molar-refractivity contribution in [3.05, 3.63) is 59.5 Å². The van der Waals surface area contributed by atoms with Gasteiger partial charge in [-0.2, -0.15) is 13.2 Å². The van der Waals surface area contributed by atoms with Crippen LogP contribution in [0.25, 0.3) is 10.9 Å². The Morgan fingerprint density at radius 1 is 1.10 bits per heavy atom. The lowest BCUT2D eigenvalue weighted by Gasteiger charge is -2.21. The fourth-order valence-corrected chi connectivity index (χ4v) is 5.32. The minimum absolute atomic E-state index is 0.0666. The maximum absolute atomic E-state index is 13.4. The van der Waals surface area contributed by atoms with E-state index < -0.39 is 12.7 Å². The highest BCUT2D eigenvalue weighted by Gasteiger charge is 2.29. The molecule has 1 aromatic carbocycles. The van der Waals surface area contributed by atoms with Crippen molar-refractivity contribution in [1.29, 1.82) is 0 Å². The van der Waals surface area contributed by atoms with Gasteiger partial charge in [-0.1, -0.05) is 12.0 Å². The van der Waals surface area contributed by atoms with Crippen molar-refractivity contribution in [3.63, 3.8) is 0 Å². The second-order valence-corrected chi connectivity index (χ2v) is 10.3. The fraction of sp³-hybridized carbons (Fsp3) is 0.467. The predicted molar refractivity (Wildman–Crippen MR) is 145 cm³/mol. The van der Waals surface area contributed by atoms with Crippen molar-refractivity contribution in [2.75, 3.05) is 38.2 Å². The van der Waals surface area contributed by atoms with E-state index in [2.05, 4.69) is 22.1 Å². The van der Waals surface area contributed by atoms with Crippen LogP contribution in [0.4, 0.5) is 18.9 Å². The Balaban J connectivity index is 1.25. The number of benzene rings is 1. The van der Waals surface area contributed by atoms with Gasteiger partial charge in [0.15, 0.2) is 0 Å².